The molecule has 7 nitrogen and oxygen atoms in total. The van der Waals surface area contributed by atoms with Crippen LogP contribution in [0.25, 0.3) is 0 Å². The van der Waals surface area contributed by atoms with Crippen molar-refractivity contribution in [2.24, 2.45) is 10.9 Å². The van der Waals surface area contributed by atoms with E-state index in [0.717, 1.165) is 0 Å². The summed E-state index contributed by atoms with van der Waals surface area (Å²) in [4.78, 5) is 10.2. The highest BCUT2D eigenvalue weighted by atomic mass is 16.6. The van der Waals surface area contributed by atoms with Crippen molar-refractivity contribution in [3.8, 4) is 11.5 Å². The largest absolute Gasteiger partial charge is 0.456 e. The summed E-state index contributed by atoms with van der Waals surface area (Å²) >= 11 is 0. The number of oxime groups is 1. The summed E-state index contributed by atoms with van der Waals surface area (Å²) in [7, 11) is 0. The Labute approximate surface area is 114 Å². The Hall–Kier alpha value is -3.09. The van der Waals surface area contributed by atoms with Crippen LogP contribution in [0.1, 0.15) is 5.56 Å². The maximum atomic E-state index is 10.7. The Kier molecular flexibility index (Phi) is 3.80. The van der Waals surface area contributed by atoms with Crippen LogP contribution in [0.4, 0.5) is 5.69 Å². The number of nitro benzene ring substituents is 1. The average Bonchev–Trinajstić information content (AvgIpc) is 2.47. The molecule has 2 aromatic carbocycles. The van der Waals surface area contributed by atoms with Gasteiger partial charge in [-0.1, -0.05) is 23.4 Å². The number of para-hydroxylation sites is 1. The minimum absolute atomic E-state index is 0.0798. The molecule has 0 fully saturated rings. The van der Waals surface area contributed by atoms with Gasteiger partial charge in [0.1, 0.15) is 11.5 Å². The Morgan fingerprint density at radius 1 is 1.25 bits per heavy atom. The molecule has 0 aliphatic carbocycles. The first-order valence-electron chi connectivity index (χ1n) is 5.61. The maximum Gasteiger partial charge on any atom is 0.273 e. The Bertz CT molecular complexity index is 670. The van der Waals surface area contributed by atoms with Gasteiger partial charge in [-0.15, -0.1) is 0 Å². The molecule has 0 atom stereocenters. The highest BCUT2D eigenvalue weighted by Crippen LogP contribution is 2.27. The summed E-state index contributed by atoms with van der Waals surface area (Å²) in [6.07, 6.45) is 0. The van der Waals surface area contributed by atoms with Gasteiger partial charge in [-0.05, 0) is 18.2 Å². The third kappa shape index (κ3) is 2.83. The highest BCUT2D eigenvalue weighted by Gasteiger charge is 2.11. The van der Waals surface area contributed by atoms with E-state index in [1.165, 1.54) is 18.2 Å². The minimum Gasteiger partial charge on any atom is -0.456 e. The number of ether oxygens (including phenoxy) is 1. The standard InChI is InChI=1S/C13H11N3O4/c14-13(15-17)11-6-1-2-7-12(11)20-10-5-3-4-9(8-10)16(18)19/h1-8,17H,(H2,14,15). The second-order valence-electron chi connectivity index (χ2n) is 3.84. The van der Waals surface area contributed by atoms with Crippen molar-refractivity contribution in [3.63, 3.8) is 0 Å². The number of hydrogen-bond donors (Lipinski definition) is 2. The van der Waals surface area contributed by atoms with Crippen LogP contribution in [0.5, 0.6) is 11.5 Å². The van der Waals surface area contributed by atoms with E-state index in [0.29, 0.717) is 11.3 Å². The molecule has 3 N–H and O–H groups in total. The van der Waals surface area contributed by atoms with Gasteiger partial charge >= 0.3 is 0 Å². The lowest BCUT2D eigenvalue weighted by Crippen LogP contribution is -2.14. The normalized spacial score (nSPS) is 11.1. The van der Waals surface area contributed by atoms with E-state index in [4.69, 9.17) is 15.7 Å². The van der Waals surface area contributed by atoms with Crippen molar-refractivity contribution in [2.45, 2.75) is 0 Å². The summed E-state index contributed by atoms with van der Waals surface area (Å²) in [6, 6.07) is 12.4. The van der Waals surface area contributed by atoms with E-state index >= 15 is 0 Å². The monoisotopic (exact) mass is 273 g/mol. The molecule has 0 unspecified atom stereocenters. The second-order valence-corrected chi connectivity index (χ2v) is 3.84. The molecule has 2 rings (SSSR count). The molecule has 2 aromatic rings. The zero-order chi connectivity index (χ0) is 14.5. The van der Waals surface area contributed by atoms with Crippen LogP contribution in [0, 0.1) is 10.1 Å². The zero-order valence-corrected chi connectivity index (χ0v) is 10.3. The minimum atomic E-state index is -0.512. The molecule has 102 valence electrons. The molecule has 0 aromatic heterocycles. The molecule has 7 heteroatoms. The summed E-state index contributed by atoms with van der Waals surface area (Å²) in [5.41, 5.74) is 5.85. The van der Waals surface area contributed by atoms with Crippen LogP contribution in [-0.4, -0.2) is 16.0 Å². The van der Waals surface area contributed by atoms with Crippen molar-refractivity contribution in [2.75, 3.05) is 0 Å². The summed E-state index contributed by atoms with van der Waals surface area (Å²) in [5, 5.41) is 22.3. The number of nitrogens with zero attached hydrogens (tertiary/aromatic N) is 2. The first-order valence-corrected chi connectivity index (χ1v) is 5.61. The number of rotatable bonds is 4. The number of non-ortho nitro benzene ring substituents is 1. The zero-order valence-electron chi connectivity index (χ0n) is 10.3. The van der Waals surface area contributed by atoms with E-state index < -0.39 is 4.92 Å². The van der Waals surface area contributed by atoms with Gasteiger partial charge in [-0.3, -0.25) is 10.1 Å². The van der Waals surface area contributed by atoms with Crippen LogP contribution in [-0.2, 0) is 0 Å². The first-order chi connectivity index (χ1) is 9.61. The molecule has 0 aliphatic heterocycles. The summed E-state index contributed by atoms with van der Waals surface area (Å²) in [6.45, 7) is 0. The van der Waals surface area contributed by atoms with E-state index in [1.807, 2.05) is 0 Å². The molecule has 0 radical (unpaired) electrons. The van der Waals surface area contributed by atoms with Crippen LogP contribution in [0.3, 0.4) is 0 Å². The van der Waals surface area contributed by atoms with Gasteiger partial charge in [0.2, 0.25) is 0 Å². The maximum absolute atomic E-state index is 10.7. The Balaban J connectivity index is 2.35. The summed E-state index contributed by atoms with van der Waals surface area (Å²) < 4.78 is 5.55. The highest BCUT2D eigenvalue weighted by molar-refractivity contribution is 5.99. The fraction of sp³-hybridized carbons (Fsp3) is 0. The molecule has 0 saturated carbocycles. The fourth-order valence-electron chi connectivity index (χ4n) is 1.61. The number of amidine groups is 1. The molecule has 0 aliphatic rings. The Morgan fingerprint density at radius 3 is 2.70 bits per heavy atom. The molecule has 0 bridgehead atoms. The smallest absolute Gasteiger partial charge is 0.273 e. The van der Waals surface area contributed by atoms with Gasteiger partial charge in [0.15, 0.2) is 5.84 Å². The lowest BCUT2D eigenvalue weighted by atomic mass is 10.2. The van der Waals surface area contributed by atoms with E-state index in [-0.39, 0.29) is 17.3 Å². The predicted octanol–water partition coefficient (Wildman–Crippen LogP) is 2.48. The molecular weight excluding hydrogens is 262 g/mol. The number of hydrogen-bond acceptors (Lipinski definition) is 5. The molecular formula is C13H11N3O4. The lowest BCUT2D eigenvalue weighted by Gasteiger charge is -2.09. The van der Waals surface area contributed by atoms with Gasteiger partial charge in [0.05, 0.1) is 16.6 Å². The van der Waals surface area contributed by atoms with E-state index in [1.54, 1.807) is 30.3 Å². The quantitative estimate of drug-likeness (QED) is 0.292. The second kappa shape index (κ2) is 5.70. The first kappa shape index (κ1) is 13.3. The number of nitrogens with two attached hydrogens (primary N) is 1. The van der Waals surface area contributed by atoms with Gasteiger partial charge in [0.25, 0.3) is 5.69 Å². The van der Waals surface area contributed by atoms with Gasteiger partial charge in [0, 0.05) is 6.07 Å². The van der Waals surface area contributed by atoms with E-state index in [2.05, 4.69) is 5.16 Å². The van der Waals surface area contributed by atoms with Crippen LogP contribution < -0.4 is 10.5 Å². The molecule has 0 heterocycles. The van der Waals surface area contributed by atoms with Crippen LogP contribution in [0.2, 0.25) is 0 Å². The van der Waals surface area contributed by atoms with Crippen molar-refractivity contribution < 1.29 is 14.9 Å². The predicted molar refractivity (Wildman–Crippen MR) is 72.1 cm³/mol. The molecule has 20 heavy (non-hydrogen) atoms. The number of nitro groups is 1. The molecule has 0 amide bonds. The van der Waals surface area contributed by atoms with Gasteiger partial charge in [-0.2, -0.15) is 0 Å². The van der Waals surface area contributed by atoms with E-state index in [9.17, 15) is 10.1 Å². The van der Waals surface area contributed by atoms with Crippen molar-refractivity contribution in [1.82, 2.24) is 0 Å². The summed E-state index contributed by atoms with van der Waals surface area (Å²) in [5.74, 6) is 0.520. The number of benzene rings is 2. The Morgan fingerprint density at radius 2 is 2.00 bits per heavy atom. The third-order valence-corrected chi connectivity index (χ3v) is 2.53. The van der Waals surface area contributed by atoms with Crippen LogP contribution >= 0.6 is 0 Å². The van der Waals surface area contributed by atoms with Crippen molar-refractivity contribution in [3.05, 3.63) is 64.2 Å². The molecule has 0 spiro atoms. The average molecular weight is 273 g/mol. The SMILES string of the molecule is N/C(=N\O)c1ccccc1Oc1cccc([N+](=O)[O-])c1. The molecule has 0 saturated heterocycles. The lowest BCUT2D eigenvalue weighted by molar-refractivity contribution is -0.384. The van der Waals surface area contributed by atoms with Crippen molar-refractivity contribution >= 4 is 11.5 Å². The van der Waals surface area contributed by atoms with Gasteiger partial charge < -0.3 is 15.7 Å². The van der Waals surface area contributed by atoms with Gasteiger partial charge in [-0.25, -0.2) is 0 Å². The van der Waals surface area contributed by atoms with Crippen LogP contribution in [0.15, 0.2) is 53.7 Å². The van der Waals surface area contributed by atoms with Crippen molar-refractivity contribution in [1.29, 1.82) is 0 Å². The fourth-order valence-corrected chi connectivity index (χ4v) is 1.61. The topological polar surface area (TPSA) is 111 Å². The third-order valence-electron chi connectivity index (χ3n) is 2.53.